The number of piperazine rings is 1. The molecule has 164 valence electrons. The normalized spacial score (nSPS) is 25.4. The predicted octanol–water partition coefficient (Wildman–Crippen LogP) is 3.21. The monoisotopic (exact) mass is 523 g/mol. The first-order valence-corrected chi connectivity index (χ1v) is 12.2. The summed E-state index contributed by atoms with van der Waals surface area (Å²) in [5.74, 6) is 3.03. The van der Waals surface area contributed by atoms with Crippen molar-refractivity contribution in [1.29, 1.82) is 0 Å². The van der Waals surface area contributed by atoms with Crippen LogP contribution in [-0.4, -0.2) is 97.1 Å². The van der Waals surface area contributed by atoms with Crippen LogP contribution < -0.4 is 5.32 Å². The third-order valence-corrected chi connectivity index (χ3v) is 7.90. The Labute approximate surface area is 194 Å². The molecular formula is C21H42IN5S. The Bertz CT molecular complexity index is 470. The first kappa shape index (κ1) is 24.5. The van der Waals surface area contributed by atoms with Crippen LogP contribution in [0.2, 0.25) is 0 Å². The fraction of sp³-hybridized carbons (Fsp3) is 0.952. The molecule has 0 aromatic carbocycles. The molecular weight excluding hydrogens is 481 g/mol. The quantitative estimate of drug-likeness (QED) is 0.340. The van der Waals surface area contributed by atoms with Crippen molar-refractivity contribution in [2.24, 2.45) is 10.9 Å². The van der Waals surface area contributed by atoms with E-state index in [0.29, 0.717) is 10.7 Å². The zero-order valence-electron chi connectivity index (χ0n) is 18.3. The van der Waals surface area contributed by atoms with Crippen LogP contribution in [0, 0.1) is 5.92 Å². The zero-order valence-corrected chi connectivity index (χ0v) is 21.4. The van der Waals surface area contributed by atoms with Gasteiger partial charge in [0.2, 0.25) is 0 Å². The van der Waals surface area contributed by atoms with Gasteiger partial charge in [0.25, 0.3) is 0 Å². The number of nitrogens with zero attached hydrogens (tertiary/aromatic N) is 4. The molecule has 3 rings (SSSR count). The lowest BCUT2D eigenvalue weighted by Gasteiger charge is -2.45. The summed E-state index contributed by atoms with van der Waals surface area (Å²) in [6.07, 6.45) is 7.05. The van der Waals surface area contributed by atoms with Gasteiger partial charge in [-0.1, -0.05) is 26.2 Å². The second-order valence-electron chi connectivity index (χ2n) is 8.92. The van der Waals surface area contributed by atoms with Gasteiger partial charge < -0.3 is 20.0 Å². The minimum atomic E-state index is 0. The highest BCUT2D eigenvalue weighted by Crippen LogP contribution is 2.42. The molecule has 0 radical (unpaired) electrons. The third-order valence-electron chi connectivity index (χ3n) is 6.37. The average Bonchev–Trinajstić information content (AvgIpc) is 2.67. The summed E-state index contributed by atoms with van der Waals surface area (Å²) < 4.78 is 0.498. The third kappa shape index (κ3) is 7.20. The molecule has 0 aromatic rings. The molecule has 1 spiro atoms. The highest BCUT2D eigenvalue weighted by atomic mass is 127. The largest absolute Gasteiger partial charge is 0.357 e. The van der Waals surface area contributed by atoms with Gasteiger partial charge in [0.15, 0.2) is 5.96 Å². The number of aliphatic imine (C=N–C) groups is 1. The summed E-state index contributed by atoms with van der Waals surface area (Å²) in [5.41, 5.74) is 0. The molecule has 7 heteroatoms. The highest BCUT2D eigenvalue weighted by molar-refractivity contribution is 14.0. The van der Waals surface area contributed by atoms with E-state index in [-0.39, 0.29) is 24.0 Å². The van der Waals surface area contributed by atoms with Crippen LogP contribution >= 0.6 is 35.7 Å². The number of halogens is 1. The van der Waals surface area contributed by atoms with Crippen molar-refractivity contribution >= 4 is 41.7 Å². The van der Waals surface area contributed by atoms with Crippen molar-refractivity contribution in [3.63, 3.8) is 0 Å². The van der Waals surface area contributed by atoms with Crippen LogP contribution in [0.5, 0.6) is 0 Å². The molecule has 0 amide bonds. The van der Waals surface area contributed by atoms with E-state index in [1.807, 2.05) is 0 Å². The van der Waals surface area contributed by atoms with Crippen LogP contribution in [0.15, 0.2) is 4.99 Å². The minimum absolute atomic E-state index is 0. The van der Waals surface area contributed by atoms with Gasteiger partial charge in [0.05, 0.1) is 0 Å². The van der Waals surface area contributed by atoms with E-state index >= 15 is 0 Å². The lowest BCUT2D eigenvalue weighted by atomic mass is 9.87. The highest BCUT2D eigenvalue weighted by Gasteiger charge is 2.38. The molecule has 1 saturated carbocycles. The maximum absolute atomic E-state index is 5.08. The number of hydrogen-bond acceptors (Lipinski definition) is 4. The molecule has 0 aromatic heterocycles. The van der Waals surface area contributed by atoms with Crippen molar-refractivity contribution in [2.75, 3.05) is 71.7 Å². The van der Waals surface area contributed by atoms with Crippen LogP contribution in [-0.2, 0) is 0 Å². The van der Waals surface area contributed by atoms with Gasteiger partial charge in [0, 0.05) is 69.4 Å². The summed E-state index contributed by atoms with van der Waals surface area (Å²) in [4.78, 5) is 12.7. The summed E-state index contributed by atoms with van der Waals surface area (Å²) in [7, 11) is 2.23. The van der Waals surface area contributed by atoms with Crippen molar-refractivity contribution in [3.05, 3.63) is 0 Å². The first-order chi connectivity index (χ1) is 13.1. The lowest BCUT2D eigenvalue weighted by molar-refractivity contribution is 0.140. The summed E-state index contributed by atoms with van der Waals surface area (Å²) >= 11 is 2.24. The Hall–Kier alpha value is 0.270. The molecule has 1 atom stereocenters. The standard InChI is InChI=1S/C21H41N5S.HI/c1-4-22-20(23-16-19(2)17-25-12-10-24(3)11-13-25)26-14-15-27-21(18-26)8-6-5-7-9-21;/h19H,4-18H2,1-3H3,(H,22,23);1H. The zero-order chi connectivity index (χ0) is 19.1. The maximum atomic E-state index is 5.08. The van der Waals surface area contributed by atoms with Crippen molar-refractivity contribution < 1.29 is 0 Å². The van der Waals surface area contributed by atoms with Crippen LogP contribution in [0.3, 0.4) is 0 Å². The lowest BCUT2D eigenvalue weighted by Crippen LogP contribution is -2.53. The van der Waals surface area contributed by atoms with Crippen LogP contribution in [0.25, 0.3) is 0 Å². The minimum Gasteiger partial charge on any atom is -0.357 e. The van der Waals surface area contributed by atoms with Crippen molar-refractivity contribution in [2.45, 2.75) is 50.7 Å². The fourth-order valence-electron chi connectivity index (χ4n) is 4.72. The van der Waals surface area contributed by atoms with Gasteiger partial charge in [-0.2, -0.15) is 11.8 Å². The van der Waals surface area contributed by atoms with Gasteiger partial charge in [-0.25, -0.2) is 0 Å². The number of hydrogen-bond donors (Lipinski definition) is 1. The average molecular weight is 524 g/mol. The van der Waals surface area contributed by atoms with E-state index in [1.54, 1.807) is 0 Å². The molecule has 2 heterocycles. The molecule has 1 N–H and O–H groups in total. The van der Waals surface area contributed by atoms with Crippen LogP contribution in [0.1, 0.15) is 46.0 Å². The van der Waals surface area contributed by atoms with E-state index in [0.717, 1.165) is 25.6 Å². The maximum Gasteiger partial charge on any atom is 0.193 e. The second-order valence-corrected chi connectivity index (χ2v) is 10.5. The molecule has 5 nitrogen and oxygen atoms in total. The van der Waals surface area contributed by atoms with Crippen molar-refractivity contribution in [1.82, 2.24) is 20.0 Å². The Morgan fingerprint density at radius 2 is 1.82 bits per heavy atom. The molecule has 3 aliphatic rings. The van der Waals surface area contributed by atoms with Gasteiger partial charge in [-0.3, -0.25) is 4.99 Å². The topological polar surface area (TPSA) is 34.1 Å². The van der Waals surface area contributed by atoms with Gasteiger partial charge in [-0.15, -0.1) is 24.0 Å². The molecule has 2 saturated heterocycles. The predicted molar refractivity (Wildman–Crippen MR) is 134 cm³/mol. The van der Waals surface area contributed by atoms with E-state index in [4.69, 9.17) is 4.99 Å². The Morgan fingerprint density at radius 1 is 1.11 bits per heavy atom. The van der Waals surface area contributed by atoms with E-state index < -0.39 is 0 Å². The van der Waals surface area contributed by atoms with Crippen LogP contribution in [0.4, 0.5) is 0 Å². The molecule has 1 unspecified atom stereocenters. The smallest absolute Gasteiger partial charge is 0.193 e. The number of nitrogens with one attached hydrogen (secondary N) is 1. The molecule has 1 aliphatic carbocycles. The van der Waals surface area contributed by atoms with Gasteiger partial charge in [-0.05, 0) is 32.7 Å². The van der Waals surface area contributed by atoms with Gasteiger partial charge >= 0.3 is 0 Å². The number of rotatable bonds is 5. The second kappa shape index (κ2) is 12.2. The Balaban J connectivity index is 0.00000280. The van der Waals surface area contributed by atoms with Crippen molar-refractivity contribution in [3.8, 4) is 0 Å². The van der Waals surface area contributed by atoms with E-state index in [2.05, 4.69) is 52.7 Å². The van der Waals surface area contributed by atoms with Gasteiger partial charge in [0.1, 0.15) is 0 Å². The van der Waals surface area contributed by atoms with E-state index in [9.17, 15) is 0 Å². The summed E-state index contributed by atoms with van der Waals surface area (Å²) in [6.45, 7) is 14.8. The molecule has 28 heavy (non-hydrogen) atoms. The number of thioether (sulfide) groups is 1. The molecule has 2 aliphatic heterocycles. The summed E-state index contributed by atoms with van der Waals surface area (Å²) in [6, 6.07) is 0. The fourth-order valence-corrected chi connectivity index (χ4v) is 6.29. The molecule has 0 bridgehead atoms. The summed E-state index contributed by atoms with van der Waals surface area (Å²) in [5, 5.41) is 3.59. The van der Waals surface area contributed by atoms with E-state index in [1.165, 1.54) is 77.1 Å². The number of likely N-dealkylation sites (N-methyl/N-ethyl adjacent to an activating group) is 1. The SMILES string of the molecule is CCNC(=NCC(C)CN1CCN(C)CC1)N1CCSC2(CCCCC2)C1.I. The molecule has 3 fully saturated rings. The first-order valence-electron chi connectivity index (χ1n) is 11.2. The Morgan fingerprint density at radius 3 is 2.50 bits per heavy atom. The Kier molecular flexibility index (Phi) is 10.7. The number of guanidine groups is 1.